The Bertz CT molecular complexity index is 1280. The molecule has 0 bridgehead atoms. The van der Waals surface area contributed by atoms with Crippen LogP contribution in [-0.4, -0.2) is 23.9 Å². The Balaban J connectivity index is 1.90. The number of nitriles is 1. The van der Waals surface area contributed by atoms with Crippen LogP contribution in [0.3, 0.4) is 0 Å². The Kier molecular flexibility index (Phi) is 5.76. The van der Waals surface area contributed by atoms with Crippen LogP contribution in [-0.2, 0) is 9.59 Å². The van der Waals surface area contributed by atoms with Crippen molar-refractivity contribution in [2.75, 3.05) is 12.0 Å². The van der Waals surface area contributed by atoms with Crippen molar-refractivity contribution in [3.63, 3.8) is 0 Å². The molecule has 2 aromatic carbocycles. The van der Waals surface area contributed by atoms with Crippen LogP contribution in [0.5, 0.6) is 5.75 Å². The summed E-state index contributed by atoms with van der Waals surface area (Å²) in [5, 5.41) is 20.3. The number of aliphatic hydroxyl groups is 1. The van der Waals surface area contributed by atoms with Gasteiger partial charge >= 0.3 is 0 Å². The summed E-state index contributed by atoms with van der Waals surface area (Å²) in [6.07, 6.45) is 1.44. The number of nitrogens with zero attached hydrogens (tertiary/aromatic N) is 2. The van der Waals surface area contributed by atoms with E-state index in [0.717, 1.165) is 5.56 Å². The standard InChI is InChI=1S/C26H22N2O5/c1-15(2)19-13-17(8-11-20(19)32-3)24(29)22-23(21-5-4-12-33-21)28(26(31)25(22)30)18-9-6-16(14-27)7-10-18/h4-13,15,23,29H,1-3H3/b24-22-. The van der Waals surface area contributed by atoms with Crippen molar-refractivity contribution in [3.05, 3.63) is 88.9 Å². The molecule has 1 unspecified atom stereocenters. The lowest BCUT2D eigenvalue weighted by molar-refractivity contribution is -0.132. The second-order valence-electron chi connectivity index (χ2n) is 7.95. The number of aliphatic hydroxyl groups excluding tert-OH is 1. The van der Waals surface area contributed by atoms with Crippen LogP contribution in [0.15, 0.2) is 70.9 Å². The molecule has 0 aliphatic carbocycles. The van der Waals surface area contributed by atoms with Crippen LogP contribution in [0.2, 0.25) is 0 Å². The number of ether oxygens (including phenoxy) is 1. The summed E-state index contributed by atoms with van der Waals surface area (Å²) in [6, 6.07) is 15.8. The number of carbonyl (C=O) groups excluding carboxylic acids is 2. The summed E-state index contributed by atoms with van der Waals surface area (Å²) in [5.74, 6) is -0.801. The number of methoxy groups -OCH3 is 1. The maximum Gasteiger partial charge on any atom is 0.300 e. The lowest BCUT2D eigenvalue weighted by atomic mass is 9.95. The van der Waals surface area contributed by atoms with Crippen molar-refractivity contribution in [2.24, 2.45) is 0 Å². The molecule has 2 heterocycles. The highest BCUT2D eigenvalue weighted by Crippen LogP contribution is 2.43. The first-order valence-electron chi connectivity index (χ1n) is 10.4. The molecule has 1 fully saturated rings. The second kappa shape index (κ2) is 8.67. The van der Waals surface area contributed by atoms with Crippen LogP contribution >= 0.6 is 0 Å². The number of rotatable bonds is 5. The van der Waals surface area contributed by atoms with Crippen molar-refractivity contribution in [1.82, 2.24) is 0 Å². The zero-order valence-corrected chi connectivity index (χ0v) is 18.4. The van der Waals surface area contributed by atoms with Gasteiger partial charge in [-0.2, -0.15) is 5.26 Å². The average molecular weight is 442 g/mol. The fraction of sp³-hybridized carbons (Fsp3) is 0.192. The van der Waals surface area contributed by atoms with Gasteiger partial charge in [-0.1, -0.05) is 13.8 Å². The van der Waals surface area contributed by atoms with Gasteiger partial charge in [0.15, 0.2) is 0 Å². The zero-order chi connectivity index (χ0) is 23.7. The number of benzene rings is 2. The molecule has 1 aliphatic heterocycles. The number of anilines is 1. The number of hydrogen-bond acceptors (Lipinski definition) is 6. The van der Waals surface area contributed by atoms with E-state index in [1.54, 1.807) is 61.7 Å². The highest BCUT2D eigenvalue weighted by atomic mass is 16.5. The molecule has 166 valence electrons. The molecular weight excluding hydrogens is 420 g/mol. The molecule has 1 N–H and O–H groups in total. The largest absolute Gasteiger partial charge is 0.507 e. The molecule has 7 nitrogen and oxygen atoms in total. The Morgan fingerprint density at radius 1 is 1.15 bits per heavy atom. The number of furan rings is 1. The van der Waals surface area contributed by atoms with E-state index in [-0.39, 0.29) is 17.3 Å². The molecule has 0 radical (unpaired) electrons. The van der Waals surface area contributed by atoms with Gasteiger partial charge in [0.2, 0.25) is 0 Å². The monoisotopic (exact) mass is 442 g/mol. The first-order chi connectivity index (χ1) is 15.9. The van der Waals surface area contributed by atoms with Gasteiger partial charge < -0.3 is 14.3 Å². The van der Waals surface area contributed by atoms with Gasteiger partial charge in [-0.3, -0.25) is 14.5 Å². The third-order valence-electron chi connectivity index (χ3n) is 5.66. The first kappa shape index (κ1) is 21.9. The number of hydrogen-bond donors (Lipinski definition) is 1. The summed E-state index contributed by atoms with van der Waals surface area (Å²) >= 11 is 0. The highest BCUT2D eigenvalue weighted by molar-refractivity contribution is 6.51. The molecular formula is C26H22N2O5. The van der Waals surface area contributed by atoms with E-state index in [0.29, 0.717) is 28.3 Å². The van der Waals surface area contributed by atoms with Crippen molar-refractivity contribution in [1.29, 1.82) is 5.26 Å². The van der Waals surface area contributed by atoms with Gasteiger partial charge in [0.05, 0.1) is 30.6 Å². The minimum Gasteiger partial charge on any atom is -0.507 e. The molecule has 7 heteroatoms. The Morgan fingerprint density at radius 2 is 1.88 bits per heavy atom. The van der Waals surface area contributed by atoms with E-state index >= 15 is 0 Å². The molecule has 1 aromatic heterocycles. The summed E-state index contributed by atoms with van der Waals surface area (Å²) in [6.45, 7) is 3.99. The third-order valence-corrected chi connectivity index (χ3v) is 5.66. The van der Waals surface area contributed by atoms with Crippen molar-refractivity contribution < 1.29 is 23.8 Å². The van der Waals surface area contributed by atoms with Crippen molar-refractivity contribution in [2.45, 2.75) is 25.8 Å². The molecule has 1 aliphatic rings. The summed E-state index contributed by atoms with van der Waals surface area (Å²) in [7, 11) is 1.57. The van der Waals surface area contributed by atoms with E-state index in [9.17, 15) is 14.7 Å². The fourth-order valence-corrected chi connectivity index (χ4v) is 4.00. The van der Waals surface area contributed by atoms with Gasteiger partial charge in [0, 0.05) is 11.3 Å². The van der Waals surface area contributed by atoms with Crippen molar-refractivity contribution >= 4 is 23.1 Å². The molecule has 4 rings (SSSR count). The SMILES string of the molecule is COc1ccc(/C(O)=C2/C(=O)C(=O)N(c3ccc(C#N)cc3)C2c2ccco2)cc1C(C)C. The minimum absolute atomic E-state index is 0.0702. The smallest absolute Gasteiger partial charge is 0.300 e. The van der Waals surface area contributed by atoms with Crippen LogP contribution in [0.1, 0.15) is 48.3 Å². The van der Waals surface area contributed by atoms with E-state index in [1.165, 1.54) is 11.2 Å². The Morgan fingerprint density at radius 3 is 2.45 bits per heavy atom. The van der Waals surface area contributed by atoms with E-state index < -0.39 is 17.7 Å². The molecule has 3 aromatic rings. The molecule has 1 atom stereocenters. The molecule has 0 spiro atoms. The number of Topliss-reactive ketones (excluding diaryl/α,β-unsaturated/α-hetero) is 1. The van der Waals surface area contributed by atoms with Gasteiger partial charge in [-0.25, -0.2) is 0 Å². The molecule has 1 amide bonds. The molecule has 1 saturated heterocycles. The fourth-order valence-electron chi connectivity index (χ4n) is 4.00. The molecule has 0 saturated carbocycles. The van der Waals surface area contributed by atoms with E-state index in [2.05, 4.69) is 0 Å². The zero-order valence-electron chi connectivity index (χ0n) is 18.4. The number of ketones is 1. The lowest BCUT2D eigenvalue weighted by Gasteiger charge is -2.23. The lowest BCUT2D eigenvalue weighted by Crippen LogP contribution is -2.29. The first-order valence-corrected chi connectivity index (χ1v) is 10.4. The second-order valence-corrected chi connectivity index (χ2v) is 7.95. The Hall–Kier alpha value is -4.31. The number of carbonyl (C=O) groups is 2. The minimum atomic E-state index is -0.961. The van der Waals surface area contributed by atoms with Gasteiger partial charge in [-0.15, -0.1) is 0 Å². The quantitative estimate of drug-likeness (QED) is 0.342. The topological polar surface area (TPSA) is 104 Å². The van der Waals surface area contributed by atoms with Crippen LogP contribution in [0.25, 0.3) is 5.76 Å². The van der Waals surface area contributed by atoms with Gasteiger partial charge in [0.1, 0.15) is 23.3 Å². The third kappa shape index (κ3) is 3.76. The highest BCUT2D eigenvalue weighted by Gasteiger charge is 2.48. The van der Waals surface area contributed by atoms with Crippen LogP contribution in [0, 0.1) is 11.3 Å². The van der Waals surface area contributed by atoms with Crippen molar-refractivity contribution in [3.8, 4) is 11.8 Å². The van der Waals surface area contributed by atoms with Gasteiger partial charge in [0.25, 0.3) is 11.7 Å². The average Bonchev–Trinajstić information content (AvgIpc) is 3.45. The van der Waals surface area contributed by atoms with Crippen LogP contribution < -0.4 is 9.64 Å². The van der Waals surface area contributed by atoms with Gasteiger partial charge in [-0.05, 0) is 66.1 Å². The maximum absolute atomic E-state index is 13.1. The number of amides is 1. The summed E-state index contributed by atoms with van der Waals surface area (Å²) in [4.78, 5) is 27.5. The predicted octanol–water partition coefficient (Wildman–Crippen LogP) is 4.91. The summed E-state index contributed by atoms with van der Waals surface area (Å²) in [5.41, 5.74) is 2.02. The van der Waals surface area contributed by atoms with Crippen LogP contribution in [0.4, 0.5) is 5.69 Å². The predicted molar refractivity (Wildman–Crippen MR) is 122 cm³/mol. The maximum atomic E-state index is 13.1. The summed E-state index contributed by atoms with van der Waals surface area (Å²) < 4.78 is 11.0. The Labute approximate surface area is 191 Å². The normalized spacial score (nSPS) is 17.4. The van der Waals surface area contributed by atoms with E-state index in [4.69, 9.17) is 14.4 Å². The van der Waals surface area contributed by atoms with E-state index in [1.807, 2.05) is 19.9 Å². The molecule has 33 heavy (non-hydrogen) atoms.